The minimum absolute atomic E-state index is 0.0588. The van der Waals surface area contributed by atoms with Gasteiger partial charge in [0.05, 0.1) is 12.1 Å². The Morgan fingerprint density at radius 3 is 2.85 bits per heavy atom. The van der Waals surface area contributed by atoms with Crippen LogP contribution in [-0.4, -0.2) is 18.6 Å². The molecule has 0 fully saturated rings. The molecule has 0 saturated heterocycles. The number of carbonyl (C=O) groups excluding carboxylic acids is 1. The Morgan fingerprint density at radius 2 is 2.08 bits per heavy atom. The molecule has 3 rings (SSSR count). The van der Waals surface area contributed by atoms with Crippen molar-refractivity contribution in [2.45, 2.75) is 65.0 Å². The van der Waals surface area contributed by atoms with E-state index in [0.29, 0.717) is 12.0 Å². The van der Waals surface area contributed by atoms with Gasteiger partial charge in [-0.1, -0.05) is 42.8 Å². The molecule has 0 radical (unpaired) electrons. The maximum atomic E-state index is 11.9. The van der Waals surface area contributed by atoms with Crippen LogP contribution >= 0.6 is 0 Å². The predicted octanol–water partition coefficient (Wildman–Crippen LogP) is 5.17. The van der Waals surface area contributed by atoms with Gasteiger partial charge in [0.1, 0.15) is 0 Å². The molecular weight excluding hydrogens is 322 g/mol. The van der Waals surface area contributed by atoms with E-state index in [4.69, 9.17) is 4.74 Å². The summed E-state index contributed by atoms with van der Waals surface area (Å²) in [5.41, 5.74) is 2.73. The first-order valence-corrected chi connectivity index (χ1v) is 9.99. The fourth-order valence-corrected chi connectivity index (χ4v) is 4.42. The maximum Gasteiger partial charge on any atom is 0.217 e. The quantitative estimate of drug-likeness (QED) is 0.745. The Labute approximate surface area is 157 Å². The largest absolute Gasteiger partial charge is 0.379 e. The van der Waals surface area contributed by atoms with Crippen molar-refractivity contribution in [2.24, 2.45) is 5.92 Å². The summed E-state index contributed by atoms with van der Waals surface area (Å²) in [5, 5.41) is 5.82. The molecule has 1 aliphatic rings. The zero-order chi connectivity index (χ0) is 18.5. The molecule has 0 spiro atoms. The lowest BCUT2D eigenvalue weighted by Gasteiger charge is -2.35. The van der Waals surface area contributed by atoms with E-state index in [-0.39, 0.29) is 11.9 Å². The molecule has 3 atom stereocenters. The SMILES string of the molecule is CCOC(C)CCC[C@H]1CCc2ccc3ccccc3c2[C@H]1NC(C)=O. The van der Waals surface area contributed by atoms with Gasteiger partial charge < -0.3 is 10.1 Å². The number of benzene rings is 2. The van der Waals surface area contributed by atoms with E-state index in [9.17, 15) is 4.79 Å². The third kappa shape index (κ3) is 4.27. The molecule has 3 nitrogen and oxygen atoms in total. The van der Waals surface area contributed by atoms with Crippen molar-refractivity contribution in [1.82, 2.24) is 5.32 Å². The third-order valence-corrected chi connectivity index (χ3v) is 5.62. The van der Waals surface area contributed by atoms with E-state index >= 15 is 0 Å². The standard InChI is InChI=1S/C23H31NO2/c1-4-26-16(2)8-7-10-20-15-14-19-13-12-18-9-5-6-11-21(18)22(19)23(20)24-17(3)25/h5-6,9,11-13,16,20,23H,4,7-8,10,14-15H2,1-3H3,(H,24,25)/t16?,20-,23-/m0/s1. The highest BCUT2D eigenvalue weighted by molar-refractivity contribution is 5.88. The number of hydrogen-bond acceptors (Lipinski definition) is 2. The van der Waals surface area contributed by atoms with Gasteiger partial charge in [0, 0.05) is 13.5 Å². The first kappa shape index (κ1) is 18.9. The van der Waals surface area contributed by atoms with E-state index in [1.165, 1.54) is 21.9 Å². The Bertz CT molecular complexity index is 755. The molecule has 26 heavy (non-hydrogen) atoms. The average Bonchev–Trinajstić information content (AvgIpc) is 2.62. The maximum absolute atomic E-state index is 11.9. The minimum Gasteiger partial charge on any atom is -0.379 e. The van der Waals surface area contributed by atoms with Crippen LogP contribution in [0.5, 0.6) is 0 Å². The fourth-order valence-electron chi connectivity index (χ4n) is 4.42. The number of aryl methyl sites for hydroxylation is 1. The second-order valence-corrected chi connectivity index (χ2v) is 7.53. The monoisotopic (exact) mass is 353 g/mol. The number of nitrogens with one attached hydrogen (secondary N) is 1. The van der Waals surface area contributed by atoms with Crippen LogP contribution in [-0.2, 0) is 16.0 Å². The topological polar surface area (TPSA) is 38.3 Å². The summed E-state index contributed by atoms with van der Waals surface area (Å²) in [4.78, 5) is 11.9. The summed E-state index contributed by atoms with van der Waals surface area (Å²) in [6.45, 7) is 6.61. The lowest BCUT2D eigenvalue weighted by atomic mass is 9.75. The van der Waals surface area contributed by atoms with E-state index < -0.39 is 0 Å². The van der Waals surface area contributed by atoms with Crippen LogP contribution in [0.4, 0.5) is 0 Å². The summed E-state index contributed by atoms with van der Waals surface area (Å²) >= 11 is 0. The Balaban J connectivity index is 1.84. The first-order chi connectivity index (χ1) is 12.6. The van der Waals surface area contributed by atoms with Crippen LogP contribution in [0.2, 0.25) is 0 Å². The van der Waals surface area contributed by atoms with Crippen molar-refractivity contribution in [2.75, 3.05) is 6.61 Å². The molecule has 2 aromatic carbocycles. The van der Waals surface area contributed by atoms with Gasteiger partial charge >= 0.3 is 0 Å². The van der Waals surface area contributed by atoms with Gasteiger partial charge in [-0.05, 0) is 67.3 Å². The lowest BCUT2D eigenvalue weighted by Crippen LogP contribution is -2.35. The molecule has 0 aromatic heterocycles. The van der Waals surface area contributed by atoms with Crippen molar-refractivity contribution in [3.05, 3.63) is 47.5 Å². The average molecular weight is 354 g/mol. The van der Waals surface area contributed by atoms with Gasteiger partial charge in [-0.25, -0.2) is 0 Å². The zero-order valence-corrected chi connectivity index (χ0v) is 16.3. The minimum atomic E-state index is 0.0588. The summed E-state index contributed by atoms with van der Waals surface area (Å²) < 4.78 is 5.67. The molecule has 1 unspecified atom stereocenters. The van der Waals surface area contributed by atoms with Crippen LogP contribution in [0.15, 0.2) is 36.4 Å². The van der Waals surface area contributed by atoms with Crippen LogP contribution < -0.4 is 5.32 Å². The van der Waals surface area contributed by atoms with Crippen molar-refractivity contribution in [3.63, 3.8) is 0 Å². The number of hydrogen-bond donors (Lipinski definition) is 1. The number of carbonyl (C=O) groups is 1. The highest BCUT2D eigenvalue weighted by Gasteiger charge is 2.31. The molecule has 0 bridgehead atoms. The molecule has 1 aliphatic carbocycles. The highest BCUT2D eigenvalue weighted by Crippen LogP contribution is 2.41. The molecule has 1 N–H and O–H groups in total. The summed E-state index contributed by atoms with van der Waals surface area (Å²) in [6.07, 6.45) is 5.91. The molecule has 0 aliphatic heterocycles. The van der Waals surface area contributed by atoms with Crippen molar-refractivity contribution >= 4 is 16.7 Å². The zero-order valence-electron chi connectivity index (χ0n) is 16.3. The second-order valence-electron chi connectivity index (χ2n) is 7.53. The van der Waals surface area contributed by atoms with Gasteiger partial charge in [0.2, 0.25) is 5.91 Å². The van der Waals surface area contributed by atoms with E-state index in [2.05, 4.69) is 48.6 Å². The Kier molecular flexibility index (Phi) is 6.31. The Morgan fingerprint density at radius 1 is 1.27 bits per heavy atom. The number of amides is 1. The normalized spacial score (nSPS) is 20.6. The van der Waals surface area contributed by atoms with Crippen LogP contribution in [0.25, 0.3) is 10.8 Å². The van der Waals surface area contributed by atoms with Crippen LogP contribution in [0.3, 0.4) is 0 Å². The first-order valence-electron chi connectivity index (χ1n) is 9.99. The second kappa shape index (κ2) is 8.68. The summed E-state index contributed by atoms with van der Waals surface area (Å²) in [6, 6.07) is 13.1. The summed E-state index contributed by atoms with van der Waals surface area (Å²) in [7, 11) is 0. The fraction of sp³-hybridized carbons (Fsp3) is 0.522. The van der Waals surface area contributed by atoms with Gasteiger partial charge in [0.25, 0.3) is 0 Å². The molecule has 3 heteroatoms. The van der Waals surface area contributed by atoms with Crippen molar-refractivity contribution in [1.29, 1.82) is 0 Å². The van der Waals surface area contributed by atoms with E-state index in [0.717, 1.165) is 38.7 Å². The molecule has 0 saturated carbocycles. The summed E-state index contributed by atoms with van der Waals surface area (Å²) in [5.74, 6) is 0.550. The number of fused-ring (bicyclic) bond motifs is 3. The van der Waals surface area contributed by atoms with Gasteiger partial charge in [-0.3, -0.25) is 4.79 Å². The van der Waals surface area contributed by atoms with Crippen molar-refractivity contribution in [3.8, 4) is 0 Å². The van der Waals surface area contributed by atoms with Gasteiger partial charge in [-0.2, -0.15) is 0 Å². The van der Waals surface area contributed by atoms with E-state index in [1.54, 1.807) is 6.92 Å². The molecular formula is C23H31NO2. The molecule has 140 valence electrons. The van der Waals surface area contributed by atoms with Crippen LogP contribution in [0, 0.1) is 5.92 Å². The van der Waals surface area contributed by atoms with Crippen LogP contribution in [0.1, 0.15) is 63.6 Å². The van der Waals surface area contributed by atoms with E-state index in [1.807, 2.05) is 6.92 Å². The Hall–Kier alpha value is -1.87. The third-order valence-electron chi connectivity index (χ3n) is 5.62. The molecule has 0 heterocycles. The smallest absolute Gasteiger partial charge is 0.217 e. The number of rotatable bonds is 7. The molecule has 1 amide bonds. The number of ether oxygens (including phenoxy) is 1. The van der Waals surface area contributed by atoms with Gasteiger partial charge in [0.15, 0.2) is 0 Å². The highest BCUT2D eigenvalue weighted by atomic mass is 16.5. The molecule has 2 aromatic rings. The lowest BCUT2D eigenvalue weighted by molar-refractivity contribution is -0.120. The predicted molar refractivity (Wildman–Crippen MR) is 107 cm³/mol. The van der Waals surface area contributed by atoms with Gasteiger partial charge in [-0.15, -0.1) is 0 Å². The van der Waals surface area contributed by atoms with Crippen molar-refractivity contribution < 1.29 is 9.53 Å².